The van der Waals surface area contributed by atoms with E-state index in [-0.39, 0.29) is 23.0 Å². The Morgan fingerprint density at radius 3 is 2.79 bits per heavy atom. The first-order valence-electron chi connectivity index (χ1n) is 5.06. The molecular formula is C8H13N5O4S2. The van der Waals surface area contributed by atoms with Gasteiger partial charge in [0.25, 0.3) is 0 Å². The van der Waals surface area contributed by atoms with Crippen LogP contribution in [0.2, 0.25) is 0 Å². The molecule has 0 bridgehead atoms. The van der Waals surface area contributed by atoms with Crippen molar-refractivity contribution in [1.82, 2.24) is 14.5 Å². The zero-order chi connectivity index (χ0) is 14.6. The van der Waals surface area contributed by atoms with E-state index in [1.807, 2.05) is 0 Å². The zero-order valence-electron chi connectivity index (χ0n) is 10.2. The third-order valence-electron chi connectivity index (χ3n) is 1.93. The number of hydrogen-bond acceptors (Lipinski definition) is 6. The summed E-state index contributed by atoms with van der Waals surface area (Å²) in [7, 11) is -2.66. The lowest BCUT2D eigenvalue weighted by molar-refractivity contribution is 0.159. The fourth-order valence-electron chi connectivity index (χ4n) is 1.16. The van der Waals surface area contributed by atoms with Crippen LogP contribution in [0.4, 0.5) is 10.6 Å². The SMILES string of the molecule is CCOC(=O)NS(=O)(=O)Nc1c(C(N)=S)cnn1C. The lowest BCUT2D eigenvalue weighted by atomic mass is 10.3. The van der Waals surface area contributed by atoms with E-state index in [1.54, 1.807) is 11.6 Å². The third kappa shape index (κ3) is 4.06. The van der Waals surface area contributed by atoms with Crippen LogP contribution in [0.15, 0.2) is 6.20 Å². The maximum Gasteiger partial charge on any atom is 0.422 e. The summed E-state index contributed by atoms with van der Waals surface area (Å²) >= 11 is 4.76. The Morgan fingerprint density at radius 2 is 2.26 bits per heavy atom. The molecule has 11 heteroatoms. The van der Waals surface area contributed by atoms with Crippen molar-refractivity contribution in [1.29, 1.82) is 0 Å². The number of ether oxygens (including phenoxy) is 1. The second kappa shape index (κ2) is 5.84. The fraction of sp³-hybridized carbons (Fsp3) is 0.375. The highest BCUT2D eigenvalue weighted by atomic mass is 32.2. The van der Waals surface area contributed by atoms with Gasteiger partial charge in [0.15, 0.2) is 0 Å². The molecule has 0 radical (unpaired) electrons. The van der Waals surface area contributed by atoms with Crippen molar-refractivity contribution in [3.8, 4) is 0 Å². The molecule has 1 amide bonds. The molecule has 0 aliphatic rings. The maximum absolute atomic E-state index is 11.7. The fourth-order valence-corrected chi connectivity index (χ4v) is 2.14. The number of carbonyl (C=O) groups excluding carboxylic acids is 1. The molecule has 19 heavy (non-hydrogen) atoms. The van der Waals surface area contributed by atoms with E-state index in [0.29, 0.717) is 0 Å². The molecule has 1 rings (SSSR count). The zero-order valence-corrected chi connectivity index (χ0v) is 11.8. The molecule has 0 aliphatic carbocycles. The Balaban J connectivity index is 2.93. The molecular weight excluding hydrogens is 294 g/mol. The molecule has 1 heterocycles. The summed E-state index contributed by atoms with van der Waals surface area (Å²) < 4.78 is 32.8. The Labute approximate surface area is 115 Å². The van der Waals surface area contributed by atoms with Crippen LogP contribution in [-0.4, -0.2) is 35.9 Å². The number of aryl methyl sites for hydroxylation is 1. The Kier molecular flexibility index (Phi) is 4.67. The molecule has 1 aromatic rings. The van der Waals surface area contributed by atoms with E-state index in [2.05, 4.69) is 14.6 Å². The van der Waals surface area contributed by atoms with Gasteiger partial charge in [0.1, 0.15) is 10.8 Å². The van der Waals surface area contributed by atoms with Crippen LogP contribution in [0.1, 0.15) is 12.5 Å². The molecule has 0 unspecified atom stereocenters. The number of nitrogens with one attached hydrogen (secondary N) is 2. The largest absolute Gasteiger partial charge is 0.449 e. The van der Waals surface area contributed by atoms with Gasteiger partial charge in [-0.15, -0.1) is 0 Å². The molecule has 0 atom stereocenters. The molecule has 0 fully saturated rings. The lowest BCUT2D eigenvalue weighted by Gasteiger charge is -2.10. The van der Waals surface area contributed by atoms with Crippen LogP contribution in [-0.2, 0) is 22.0 Å². The second-order valence-corrected chi connectivity index (χ2v) is 5.18. The van der Waals surface area contributed by atoms with Gasteiger partial charge in [0.05, 0.1) is 18.4 Å². The van der Waals surface area contributed by atoms with Crippen LogP contribution < -0.4 is 15.2 Å². The Hall–Kier alpha value is -1.88. The molecule has 0 aromatic carbocycles. The van der Waals surface area contributed by atoms with Gasteiger partial charge in [0.2, 0.25) is 0 Å². The highest BCUT2D eigenvalue weighted by Gasteiger charge is 2.20. The van der Waals surface area contributed by atoms with Crippen LogP contribution >= 0.6 is 12.2 Å². The van der Waals surface area contributed by atoms with Gasteiger partial charge in [-0.2, -0.15) is 13.5 Å². The van der Waals surface area contributed by atoms with Gasteiger partial charge in [-0.3, -0.25) is 4.68 Å². The number of carbonyl (C=O) groups is 1. The number of nitrogens with zero attached hydrogens (tertiary/aromatic N) is 2. The van der Waals surface area contributed by atoms with E-state index in [1.165, 1.54) is 17.9 Å². The lowest BCUT2D eigenvalue weighted by Crippen LogP contribution is -2.36. The summed E-state index contributed by atoms with van der Waals surface area (Å²) in [4.78, 5) is 11.0. The van der Waals surface area contributed by atoms with Gasteiger partial charge in [-0.05, 0) is 6.92 Å². The van der Waals surface area contributed by atoms with Crippen molar-refractivity contribution in [3.05, 3.63) is 11.8 Å². The monoisotopic (exact) mass is 307 g/mol. The Morgan fingerprint density at radius 1 is 1.63 bits per heavy atom. The number of nitrogens with two attached hydrogens (primary N) is 1. The highest BCUT2D eigenvalue weighted by molar-refractivity contribution is 7.91. The summed E-state index contributed by atoms with van der Waals surface area (Å²) in [6, 6.07) is 0. The molecule has 4 N–H and O–H groups in total. The minimum atomic E-state index is -4.16. The molecule has 0 saturated carbocycles. The first-order chi connectivity index (χ1) is 8.76. The van der Waals surface area contributed by atoms with E-state index in [9.17, 15) is 13.2 Å². The van der Waals surface area contributed by atoms with Crippen molar-refractivity contribution in [2.75, 3.05) is 11.3 Å². The van der Waals surface area contributed by atoms with Gasteiger partial charge >= 0.3 is 16.3 Å². The first-order valence-corrected chi connectivity index (χ1v) is 6.95. The smallest absolute Gasteiger partial charge is 0.422 e. The molecule has 0 spiro atoms. The quantitative estimate of drug-likeness (QED) is 0.623. The van der Waals surface area contributed by atoms with Crippen molar-refractivity contribution < 1.29 is 17.9 Å². The summed E-state index contributed by atoms with van der Waals surface area (Å²) in [6.07, 6.45) is 0.221. The van der Waals surface area contributed by atoms with Crippen LogP contribution in [0.5, 0.6) is 0 Å². The summed E-state index contributed by atoms with van der Waals surface area (Å²) in [5.74, 6) is 0.0456. The van der Waals surface area contributed by atoms with Crippen LogP contribution in [0.25, 0.3) is 0 Å². The predicted octanol–water partition coefficient (Wildman–Crippen LogP) is -0.543. The number of hydrogen-bond donors (Lipinski definition) is 3. The van der Waals surface area contributed by atoms with E-state index in [0.717, 1.165) is 0 Å². The number of rotatable bonds is 5. The van der Waals surface area contributed by atoms with Gasteiger partial charge in [-0.25, -0.2) is 14.2 Å². The van der Waals surface area contributed by atoms with E-state index in [4.69, 9.17) is 18.0 Å². The van der Waals surface area contributed by atoms with Gasteiger partial charge < -0.3 is 10.5 Å². The van der Waals surface area contributed by atoms with E-state index < -0.39 is 16.3 Å². The van der Waals surface area contributed by atoms with Gasteiger partial charge in [0, 0.05) is 7.05 Å². The summed E-state index contributed by atoms with van der Waals surface area (Å²) in [6.45, 7) is 1.59. The van der Waals surface area contributed by atoms with Crippen molar-refractivity contribution in [3.63, 3.8) is 0 Å². The van der Waals surface area contributed by atoms with E-state index >= 15 is 0 Å². The molecule has 0 aliphatic heterocycles. The molecule has 0 saturated heterocycles. The second-order valence-electron chi connectivity index (χ2n) is 3.32. The predicted molar refractivity (Wildman–Crippen MR) is 71.8 cm³/mol. The van der Waals surface area contributed by atoms with Gasteiger partial charge in [-0.1, -0.05) is 12.2 Å². The number of amides is 1. The highest BCUT2D eigenvalue weighted by Crippen LogP contribution is 2.14. The summed E-state index contributed by atoms with van der Waals surface area (Å²) in [5, 5.41) is 3.82. The van der Waals surface area contributed by atoms with Crippen LogP contribution in [0.3, 0.4) is 0 Å². The third-order valence-corrected chi connectivity index (χ3v) is 3.05. The first kappa shape index (κ1) is 15.2. The average Bonchev–Trinajstić information content (AvgIpc) is 2.59. The van der Waals surface area contributed by atoms with Crippen molar-refractivity contribution >= 4 is 39.3 Å². The number of anilines is 1. The number of thiocarbonyl (C=S) groups is 1. The number of aromatic nitrogens is 2. The minimum Gasteiger partial charge on any atom is -0.449 e. The average molecular weight is 307 g/mol. The normalized spacial score (nSPS) is 10.8. The summed E-state index contributed by atoms with van der Waals surface area (Å²) in [5.41, 5.74) is 5.67. The van der Waals surface area contributed by atoms with Crippen LogP contribution in [0, 0.1) is 0 Å². The topological polar surface area (TPSA) is 128 Å². The van der Waals surface area contributed by atoms with Crippen molar-refractivity contribution in [2.24, 2.45) is 12.8 Å². The minimum absolute atomic E-state index is 0.0260. The molecule has 106 valence electrons. The molecule has 9 nitrogen and oxygen atoms in total. The van der Waals surface area contributed by atoms with Crippen molar-refractivity contribution in [2.45, 2.75) is 6.92 Å². The standard InChI is InChI=1S/C8H13N5O4S2/c1-3-17-8(14)12-19(15,16)11-7-5(6(9)18)4-10-13(7)2/h4,11H,3H2,1-2H3,(H2,9,18)(H,12,14). The molecule has 1 aromatic heterocycles. The maximum atomic E-state index is 11.7. The Bertz CT molecular complexity index is 594.